The summed E-state index contributed by atoms with van der Waals surface area (Å²) >= 11 is 0. The Labute approximate surface area is 326 Å². The van der Waals surface area contributed by atoms with Gasteiger partial charge in [-0.05, 0) is 121 Å². The highest BCUT2D eigenvalue weighted by atomic mass is 16.5. The summed E-state index contributed by atoms with van der Waals surface area (Å²) in [6.45, 7) is 11.8. The molecule has 298 valence electrons. The summed E-state index contributed by atoms with van der Waals surface area (Å²) in [5.74, 6) is -0.738. The second-order valence-corrected chi connectivity index (χ2v) is 15.3. The van der Waals surface area contributed by atoms with Gasteiger partial charge in [-0.3, -0.25) is 19.3 Å². The molecule has 3 amide bonds. The number of carbonyl (C=O) groups is 3. The fraction of sp³-hybridized carbons (Fsp3) is 0.523. The number of amides is 3. The Morgan fingerprint density at radius 3 is 2.58 bits per heavy atom. The zero-order valence-electron chi connectivity index (χ0n) is 33.2. The first kappa shape index (κ1) is 41.9. The third-order valence-corrected chi connectivity index (χ3v) is 11.0. The van der Waals surface area contributed by atoms with Crippen LogP contribution < -0.4 is 19.9 Å². The second-order valence-electron chi connectivity index (χ2n) is 15.3. The van der Waals surface area contributed by atoms with Gasteiger partial charge in [-0.2, -0.15) is 0 Å². The van der Waals surface area contributed by atoms with Gasteiger partial charge in [0.2, 0.25) is 11.8 Å². The molecule has 55 heavy (non-hydrogen) atoms. The van der Waals surface area contributed by atoms with E-state index in [4.69, 9.17) is 4.74 Å². The highest BCUT2D eigenvalue weighted by Gasteiger charge is 2.53. The van der Waals surface area contributed by atoms with Gasteiger partial charge < -0.3 is 35.2 Å². The van der Waals surface area contributed by atoms with E-state index in [1.165, 1.54) is 5.57 Å². The fourth-order valence-corrected chi connectivity index (χ4v) is 7.90. The van der Waals surface area contributed by atoms with Crippen LogP contribution in [0.3, 0.4) is 0 Å². The molecule has 3 aliphatic rings. The number of nitrogens with zero attached hydrogens (tertiary/aromatic N) is 3. The number of carbonyl (C=O) groups excluding carboxylic acids is 3. The molecule has 3 heterocycles. The molecular formula is C44H60N4O7. The monoisotopic (exact) mass is 756 g/mol. The zero-order chi connectivity index (χ0) is 39.7. The highest BCUT2D eigenvalue weighted by Crippen LogP contribution is 2.48. The molecule has 4 atom stereocenters. The molecule has 0 aliphatic carbocycles. The van der Waals surface area contributed by atoms with Gasteiger partial charge in [0.15, 0.2) is 5.60 Å². The van der Waals surface area contributed by atoms with Crippen molar-refractivity contribution in [2.45, 2.75) is 104 Å². The standard InChI is InChI=1S/C44H60N4O7/c1-6-55-36-18-20-39-33(26-36)27-38(45-22-7-8-25-49)42(52)48(39)34-17-19-40-37(28-34)44(54,43(53)47(40)24-21-31(4)13-9-12-30(2)3)32(5)14-10-16-41(51)46-23-11-15-35(46)29-50/h10,12,14,17-21,26,28,32,35,38,45,49-50,54H,6-9,11,13,15-16,22-25,27,29H2,1-5H3/b14-10+,31-21+/t32-,35-,38?,44+/m0/s1. The summed E-state index contributed by atoms with van der Waals surface area (Å²) in [7, 11) is 0. The van der Waals surface area contributed by atoms with Gasteiger partial charge >= 0.3 is 0 Å². The molecule has 0 spiro atoms. The molecular weight excluding hydrogens is 697 g/mol. The Morgan fingerprint density at radius 1 is 1.07 bits per heavy atom. The molecule has 11 nitrogen and oxygen atoms in total. The molecule has 1 unspecified atom stereocenters. The number of allylic oxidation sites excluding steroid dienone is 3. The van der Waals surface area contributed by atoms with Crippen molar-refractivity contribution in [1.29, 1.82) is 0 Å². The number of likely N-dealkylation sites (tertiary alicyclic amines) is 1. The maximum atomic E-state index is 14.5. The van der Waals surface area contributed by atoms with Gasteiger partial charge in [0.05, 0.1) is 36.7 Å². The fourth-order valence-electron chi connectivity index (χ4n) is 7.90. The smallest absolute Gasteiger partial charge is 0.264 e. The van der Waals surface area contributed by atoms with E-state index < -0.39 is 23.5 Å². The normalized spacial score (nSPS) is 21.7. The Bertz CT molecular complexity index is 1780. The molecule has 5 rings (SSSR count). The first-order valence-corrected chi connectivity index (χ1v) is 19.9. The maximum absolute atomic E-state index is 14.5. The number of unbranched alkanes of at least 4 members (excludes halogenated alkanes) is 1. The molecule has 4 N–H and O–H groups in total. The third-order valence-electron chi connectivity index (χ3n) is 11.0. The number of ether oxygens (including phenoxy) is 1. The molecule has 11 heteroatoms. The van der Waals surface area contributed by atoms with Crippen LogP contribution in [0, 0.1) is 5.92 Å². The van der Waals surface area contributed by atoms with Crippen LogP contribution in [0.4, 0.5) is 17.1 Å². The molecule has 1 saturated heterocycles. The summed E-state index contributed by atoms with van der Waals surface area (Å²) in [5.41, 5.74) is 3.53. The minimum Gasteiger partial charge on any atom is -0.494 e. The summed E-state index contributed by atoms with van der Waals surface area (Å²) in [5, 5.41) is 35.0. The van der Waals surface area contributed by atoms with Gasteiger partial charge in [0.25, 0.3) is 5.91 Å². The lowest BCUT2D eigenvalue weighted by atomic mass is 9.82. The van der Waals surface area contributed by atoms with E-state index in [1.807, 2.05) is 50.3 Å². The van der Waals surface area contributed by atoms with Crippen molar-refractivity contribution in [3.8, 4) is 5.75 Å². The lowest BCUT2D eigenvalue weighted by molar-refractivity contribution is -0.139. The first-order chi connectivity index (χ1) is 26.4. The number of hydrogen-bond acceptors (Lipinski definition) is 8. The number of hydrogen-bond donors (Lipinski definition) is 4. The Kier molecular flexibility index (Phi) is 14.5. The van der Waals surface area contributed by atoms with Crippen molar-refractivity contribution < 1.29 is 34.4 Å². The van der Waals surface area contributed by atoms with E-state index in [0.717, 1.165) is 43.2 Å². The van der Waals surface area contributed by atoms with Crippen LogP contribution in [0.25, 0.3) is 0 Å². The number of aliphatic hydroxyl groups excluding tert-OH is 2. The summed E-state index contributed by atoms with van der Waals surface area (Å²) < 4.78 is 5.81. The number of anilines is 3. The highest BCUT2D eigenvalue weighted by molar-refractivity contribution is 6.10. The van der Waals surface area contributed by atoms with Crippen molar-refractivity contribution in [2.75, 3.05) is 49.3 Å². The zero-order valence-corrected chi connectivity index (χ0v) is 33.2. The number of nitrogens with one attached hydrogen (secondary N) is 1. The van der Waals surface area contributed by atoms with Crippen molar-refractivity contribution in [3.63, 3.8) is 0 Å². The lowest BCUT2D eigenvalue weighted by Gasteiger charge is -2.35. The van der Waals surface area contributed by atoms with E-state index in [-0.39, 0.29) is 44.0 Å². The molecule has 0 bridgehead atoms. The summed E-state index contributed by atoms with van der Waals surface area (Å²) in [6.07, 6.45) is 12.9. The SMILES string of the molecule is CCOc1ccc2c(c1)CC(NCCCCO)C(=O)N2c1ccc2c(c1)[C@](O)([C@@H](C)/C=C/CC(=O)N1CCC[C@H]1CO)C(=O)N2C/C=C(\C)CCC=C(C)C. The van der Waals surface area contributed by atoms with Crippen LogP contribution in [0.2, 0.25) is 0 Å². The van der Waals surface area contributed by atoms with Gasteiger partial charge in [0.1, 0.15) is 5.75 Å². The van der Waals surface area contributed by atoms with Crippen molar-refractivity contribution in [2.24, 2.45) is 5.92 Å². The topological polar surface area (TPSA) is 143 Å². The third kappa shape index (κ3) is 9.40. The van der Waals surface area contributed by atoms with Crippen LogP contribution in [-0.2, 0) is 26.4 Å². The molecule has 0 radical (unpaired) electrons. The average Bonchev–Trinajstić information content (AvgIpc) is 3.73. The number of rotatable bonds is 18. The van der Waals surface area contributed by atoms with Crippen molar-refractivity contribution in [3.05, 3.63) is 83.0 Å². The minimum atomic E-state index is -1.97. The molecule has 3 aliphatic heterocycles. The lowest BCUT2D eigenvalue weighted by Crippen LogP contribution is -2.49. The largest absolute Gasteiger partial charge is 0.494 e. The molecule has 1 fully saturated rings. The van der Waals surface area contributed by atoms with Gasteiger partial charge in [-0.15, -0.1) is 0 Å². The first-order valence-electron chi connectivity index (χ1n) is 19.9. The van der Waals surface area contributed by atoms with E-state index in [9.17, 15) is 29.7 Å². The Hall–Kier alpha value is -4.29. The van der Waals surface area contributed by atoms with E-state index in [1.54, 1.807) is 39.8 Å². The minimum absolute atomic E-state index is 0.0733. The quantitative estimate of drug-likeness (QED) is 0.110. The summed E-state index contributed by atoms with van der Waals surface area (Å²) in [4.78, 5) is 46.8. The van der Waals surface area contributed by atoms with E-state index in [0.29, 0.717) is 60.9 Å². The predicted octanol–water partition coefficient (Wildman–Crippen LogP) is 5.83. The van der Waals surface area contributed by atoms with Gasteiger partial charge in [-0.1, -0.05) is 42.4 Å². The Morgan fingerprint density at radius 2 is 1.85 bits per heavy atom. The number of fused-ring (bicyclic) bond motifs is 2. The maximum Gasteiger partial charge on any atom is 0.264 e. The van der Waals surface area contributed by atoms with Crippen LogP contribution in [-0.4, -0.2) is 89.5 Å². The predicted molar refractivity (Wildman–Crippen MR) is 216 cm³/mol. The number of aliphatic hydroxyl groups is 3. The molecule has 0 saturated carbocycles. The van der Waals surface area contributed by atoms with Crippen LogP contribution in [0.15, 0.2) is 71.8 Å². The van der Waals surface area contributed by atoms with Crippen molar-refractivity contribution >= 4 is 34.8 Å². The van der Waals surface area contributed by atoms with Crippen LogP contribution >= 0.6 is 0 Å². The Balaban J connectivity index is 1.51. The van der Waals surface area contributed by atoms with Crippen molar-refractivity contribution in [1.82, 2.24) is 10.2 Å². The van der Waals surface area contributed by atoms with Crippen LogP contribution in [0.1, 0.15) is 90.7 Å². The van der Waals surface area contributed by atoms with Gasteiger partial charge in [-0.25, -0.2) is 0 Å². The molecule has 0 aromatic heterocycles. The second kappa shape index (κ2) is 19.0. The van der Waals surface area contributed by atoms with Gasteiger partial charge in [0, 0.05) is 43.3 Å². The summed E-state index contributed by atoms with van der Waals surface area (Å²) in [6, 6.07) is 10.4. The molecule has 2 aromatic rings. The van der Waals surface area contributed by atoms with E-state index >= 15 is 0 Å². The molecule has 2 aromatic carbocycles. The average molecular weight is 757 g/mol. The number of benzene rings is 2. The van der Waals surface area contributed by atoms with Crippen LogP contribution in [0.5, 0.6) is 5.75 Å². The van der Waals surface area contributed by atoms with E-state index in [2.05, 4.69) is 25.2 Å².